The molecule has 0 unspecified atom stereocenters. The minimum atomic E-state index is -0.481. The van der Waals surface area contributed by atoms with Gasteiger partial charge in [-0.1, -0.05) is 41.0 Å². The van der Waals surface area contributed by atoms with Crippen molar-refractivity contribution in [2.24, 2.45) is 0 Å². The fourth-order valence-electron chi connectivity index (χ4n) is 1.53. The minimum absolute atomic E-state index is 0.481. The van der Waals surface area contributed by atoms with Gasteiger partial charge in [0.2, 0.25) is 0 Å². The van der Waals surface area contributed by atoms with E-state index in [1.165, 1.54) is 11.8 Å². The van der Waals surface area contributed by atoms with Crippen LogP contribution in [0.25, 0.3) is 0 Å². The molecule has 0 bridgehead atoms. The van der Waals surface area contributed by atoms with Gasteiger partial charge < -0.3 is 5.11 Å². The van der Waals surface area contributed by atoms with Crippen LogP contribution in [0.3, 0.4) is 0 Å². The number of halogens is 3. The Morgan fingerprint density at radius 1 is 1.11 bits per heavy atom. The number of benzene rings is 2. The molecule has 0 aromatic heterocycles. The van der Waals surface area contributed by atoms with Crippen molar-refractivity contribution in [3.63, 3.8) is 0 Å². The molecule has 2 aromatic carbocycles. The molecule has 0 aliphatic rings. The van der Waals surface area contributed by atoms with E-state index in [-0.39, 0.29) is 0 Å². The molecule has 100 valence electrons. The Hall–Kier alpha value is -0.190. The zero-order chi connectivity index (χ0) is 14.0. The van der Waals surface area contributed by atoms with Crippen LogP contribution in [0.15, 0.2) is 50.7 Å². The topological polar surface area (TPSA) is 20.2 Å². The van der Waals surface area contributed by atoms with Gasteiger partial charge in [-0.3, -0.25) is 0 Å². The summed E-state index contributed by atoms with van der Waals surface area (Å²) in [7, 11) is 0. The Labute approximate surface area is 135 Å². The summed E-state index contributed by atoms with van der Waals surface area (Å²) in [5, 5.41) is 10.9. The summed E-state index contributed by atoms with van der Waals surface area (Å²) >= 11 is 17.2. The number of rotatable bonds is 3. The van der Waals surface area contributed by atoms with Gasteiger partial charge in [0.25, 0.3) is 0 Å². The lowest BCUT2D eigenvalue weighted by atomic mass is 10.1. The monoisotopic (exact) mass is 376 g/mol. The van der Waals surface area contributed by atoms with E-state index in [4.69, 9.17) is 23.2 Å². The van der Waals surface area contributed by atoms with E-state index in [1.807, 2.05) is 24.3 Å². The van der Waals surface area contributed by atoms with E-state index < -0.39 is 6.10 Å². The van der Waals surface area contributed by atoms with Crippen LogP contribution in [-0.2, 0) is 0 Å². The minimum Gasteiger partial charge on any atom is -0.389 e. The molecule has 2 aromatic rings. The number of aliphatic hydroxyl groups excluding tert-OH is 1. The van der Waals surface area contributed by atoms with Crippen LogP contribution >= 0.6 is 50.9 Å². The highest BCUT2D eigenvalue weighted by Crippen LogP contribution is 2.39. The van der Waals surface area contributed by atoms with Gasteiger partial charge in [0.05, 0.1) is 11.1 Å². The third kappa shape index (κ3) is 3.89. The molecular weight excluding hydrogens is 367 g/mol. The van der Waals surface area contributed by atoms with Crippen molar-refractivity contribution in [2.75, 3.05) is 0 Å². The zero-order valence-electron chi connectivity index (χ0n) is 10.0. The van der Waals surface area contributed by atoms with Gasteiger partial charge >= 0.3 is 0 Å². The summed E-state index contributed by atoms with van der Waals surface area (Å²) in [5.74, 6) is 0. The molecule has 0 saturated carbocycles. The maximum Gasteiger partial charge on any atom is 0.0762 e. The highest BCUT2D eigenvalue weighted by atomic mass is 79.9. The van der Waals surface area contributed by atoms with E-state index in [2.05, 4.69) is 15.9 Å². The summed E-state index contributed by atoms with van der Waals surface area (Å²) in [5.41, 5.74) is 0.869. The Kier molecular flexibility index (Phi) is 5.21. The van der Waals surface area contributed by atoms with Crippen molar-refractivity contribution in [2.45, 2.75) is 22.8 Å². The summed E-state index contributed by atoms with van der Waals surface area (Å²) in [6.07, 6.45) is -0.481. The fraction of sp³-hybridized carbons (Fsp3) is 0.143. The molecule has 0 aliphatic heterocycles. The summed E-state index contributed by atoms with van der Waals surface area (Å²) in [6, 6.07) is 11.1. The molecule has 0 spiro atoms. The van der Waals surface area contributed by atoms with Crippen LogP contribution in [0, 0.1) is 0 Å². The lowest BCUT2D eigenvalue weighted by Crippen LogP contribution is -1.91. The summed E-state index contributed by atoms with van der Waals surface area (Å²) in [4.78, 5) is 1.92. The van der Waals surface area contributed by atoms with Crippen LogP contribution in [0.5, 0.6) is 0 Å². The first kappa shape index (κ1) is 15.2. The van der Waals surface area contributed by atoms with Crippen molar-refractivity contribution in [3.05, 3.63) is 56.5 Å². The quantitative estimate of drug-likeness (QED) is 0.711. The van der Waals surface area contributed by atoms with Crippen molar-refractivity contribution >= 4 is 50.9 Å². The smallest absolute Gasteiger partial charge is 0.0762 e. The normalized spacial score (nSPS) is 12.5. The second-order valence-corrected chi connectivity index (χ2v) is 6.82. The van der Waals surface area contributed by atoms with Crippen molar-refractivity contribution < 1.29 is 5.11 Å². The van der Waals surface area contributed by atoms with Crippen molar-refractivity contribution in [1.29, 1.82) is 0 Å². The number of hydrogen-bond donors (Lipinski definition) is 1. The SMILES string of the molecule is C[C@@H](O)c1ccc(Sc2cc(Cl)ccc2Cl)c(Br)c1. The first-order valence-electron chi connectivity index (χ1n) is 5.58. The molecular formula is C14H11BrCl2OS. The van der Waals surface area contributed by atoms with Gasteiger partial charge in [0.15, 0.2) is 0 Å². The van der Waals surface area contributed by atoms with Crippen LogP contribution in [-0.4, -0.2) is 5.11 Å². The Bertz CT molecular complexity index is 602. The van der Waals surface area contributed by atoms with Gasteiger partial charge in [-0.15, -0.1) is 0 Å². The molecule has 2 rings (SSSR count). The van der Waals surface area contributed by atoms with Gasteiger partial charge in [0, 0.05) is 19.3 Å². The predicted octanol–water partition coefficient (Wildman–Crippen LogP) is 5.96. The van der Waals surface area contributed by atoms with E-state index in [0.717, 1.165) is 19.8 Å². The van der Waals surface area contributed by atoms with E-state index in [1.54, 1.807) is 19.1 Å². The van der Waals surface area contributed by atoms with Crippen LogP contribution in [0.1, 0.15) is 18.6 Å². The second kappa shape index (κ2) is 6.51. The standard InChI is InChI=1S/C14H11BrCl2OS/c1-8(18)9-2-5-13(11(15)6-9)19-14-7-10(16)3-4-12(14)17/h2-8,18H,1H3/t8-/m1/s1. The molecule has 0 aliphatic carbocycles. The zero-order valence-corrected chi connectivity index (χ0v) is 13.9. The average Bonchev–Trinajstić information content (AvgIpc) is 2.36. The highest BCUT2D eigenvalue weighted by Gasteiger charge is 2.09. The molecule has 0 fully saturated rings. The van der Waals surface area contributed by atoms with Gasteiger partial charge in [0.1, 0.15) is 0 Å². The lowest BCUT2D eigenvalue weighted by molar-refractivity contribution is 0.199. The third-order valence-corrected chi connectivity index (χ3v) is 5.28. The van der Waals surface area contributed by atoms with Crippen LogP contribution in [0.4, 0.5) is 0 Å². The summed E-state index contributed by atoms with van der Waals surface area (Å²) in [6.45, 7) is 1.74. The maximum absolute atomic E-state index is 9.54. The second-order valence-electron chi connectivity index (χ2n) is 4.04. The average molecular weight is 378 g/mol. The number of hydrogen-bond acceptors (Lipinski definition) is 2. The van der Waals surface area contributed by atoms with Crippen molar-refractivity contribution in [3.8, 4) is 0 Å². The van der Waals surface area contributed by atoms with Gasteiger partial charge in [-0.05, 0) is 58.7 Å². The molecule has 0 amide bonds. The molecule has 0 heterocycles. The molecule has 5 heteroatoms. The van der Waals surface area contributed by atoms with E-state index in [0.29, 0.717) is 10.0 Å². The maximum atomic E-state index is 9.54. The number of aliphatic hydroxyl groups is 1. The van der Waals surface area contributed by atoms with E-state index in [9.17, 15) is 5.11 Å². The molecule has 0 saturated heterocycles. The Morgan fingerprint density at radius 3 is 2.47 bits per heavy atom. The van der Waals surface area contributed by atoms with Crippen LogP contribution < -0.4 is 0 Å². The van der Waals surface area contributed by atoms with Gasteiger partial charge in [-0.25, -0.2) is 0 Å². The fourth-order valence-corrected chi connectivity index (χ4v) is 3.52. The van der Waals surface area contributed by atoms with Crippen LogP contribution in [0.2, 0.25) is 10.0 Å². The van der Waals surface area contributed by atoms with E-state index >= 15 is 0 Å². The molecule has 19 heavy (non-hydrogen) atoms. The molecule has 0 radical (unpaired) electrons. The first-order chi connectivity index (χ1) is 8.97. The lowest BCUT2D eigenvalue weighted by Gasteiger charge is -2.10. The summed E-state index contributed by atoms with van der Waals surface area (Å²) < 4.78 is 0.923. The Balaban J connectivity index is 2.31. The third-order valence-electron chi connectivity index (χ3n) is 2.55. The Morgan fingerprint density at radius 2 is 1.84 bits per heavy atom. The first-order valence-corrected chi connectivity index (χ1v) is 7.94. The molecule has 1 N–H and O–H groups in total. The molecule has 1 nitrogen and oxygen atoms in total. The predicted molar refractivity (Wildman–Crippen MR) is 85.4 cm³/mol. The highest BCUT2D eigenvalue weighted by molar-refractivity contribution is 9.10. The van der Waals surface area contributed by atoms with Crippen molar-refractivity contribution in [1.82, 2.24) is 0 Å². The van der Waals surface area contributed by atoms with Gasteiger partial charge in [-0.2, -0.15) is 0 Å². The largest absolute Gasteiger partial charge is 0.389 e. The molecule has 1 atom stereocenters.